The van der Waals surface area contributed by atoms with Crippen LogP contribution in [0.4, 0.5) is 0 Å². The fourth-order valence-corrected chi connectivity index (χ4v) is 4.87. The summed E-state index contributed by atoms with van der Waals surface area (Å²) in [6.07, 6.45) is 2.86. The van der Waals surface area contributed by atoms with E-state index in [4.69, 9.17) is 11.5 Å². The van der Waals surface area contributed by atoms with Crippen LogP contribution < -0.4 is 32.7 Å². The van der Waals surface area contributed by atoms with Crippen LogP contribution in [0.5, 0.6) is 0 Å². The number of rotatable bonds is 19. The number of likely N-dealkylation sites (tertiary alicyclic amines) is 1. The van der Waals surface area contributed by atoms with E-state index in [0.29, 0.717) is 18.6 Å². The number of aliphatic carboxylic acids is 1. The SMILES string of the molecule is CSCC[C@H](NC(=O)CNC(=O)[C@H](CC(C)C)NC(=O)[C@H](CO)NC(=O)[C@@H]1CCCN1C(=O)[C@@H](N)CCC(N)=O)C(=O)O. The average Bonchev–Trinajstić information content (AvgIpc) is 3.44. The zero-order chi connectivity index (χ0) is 32.7. The van der Waals surface area contributed by atoms with Crippen molar-refractivity contribution in [1.29, 1.82) is 0 Å². The van der Waals surface area contributed by atoms with Gasteiger partial charge in [0.1, 0.15) is 24.2 Å². The predicted octanol–water partition coefficient (Wildman–Crippen LogP) is -2.98. The Hall–Kier alpha value is -3.44. The topological polar surface area (TPSA) is 263 Å². The van der Waals surface area contributed by atoms with Crippen LogP contribution in [0, 0.1) is 5.92 Å². The lowest BCUT2D eigenvalue weighted by atomic mass is 10.0. The molecule has 0 spiro atoms. The molecule has 0 radical (unpaired) electrons. The molecule has 16 nitrogen and oxygen atoms in total. The van der Waals surface area contributed by atoms with Crippen molar-refractivity contribution in [2.45, 2.75) is 82.6 Å². The average molecular weight is 632 g/mol. The standard InChI is InChI=1S/C26H45N7O9S/c1-14(2)11-17(22(37)29-12-21(36)30-16(26(41)42)8-10-43-3)31-23(38)18(13-34)32-24(39)19-5-4-9-33(19)25(40)15(27)6-7-20(28)35/h14-19,34H,4-13,27H2,1-3H3,(H2,28,35)(H,29,37)(H,30,36)(H,31,38)(H,32,39)(H,41,42)/t15-,16-,17-,18-,19-/m0/s1. The molecule has 17 heteroatoms. The summed E-state index contributed by atoms with van der Waals surface area (Å²) in [5.74, 6) is -4.92. The highest BCUT2D eigenvalue weighted by Crippen LogP contribution is 2.19. The molecule has 43 heavy (non-hydrogen) atoms. The van der Waals surface area contributed by atoms with Gasteiger partial charge in [0.05, 0.1) is 19.2 Å². The predicted molar refractivity (Wildman–Crippen MR) is 157 cm³/mol. The number of aliphatic hydroxyl groups excluding tert-OH is 1. The van der Waals surface area contributed by atoms with Crippen molar-refractivity contribution in [1.82, 2.24) is 26.2 Å². The monoisotopic (exact) mass is 631 g/mol. The second kappa shape index (κ2) is 19.0. The fraction of sp³-hybridized carbons (Fsp3) is 0.731. The van der Waals surface area contributed by atoms with Crippen LogP contribution in [0.25, 0.3) is 0 Å². The molecule has 6 amide bonds. The molecule has 1 heterocycles. The van der Waals surface area contributed by atoms with Crippen LogP contribution in [-0.4, -0.2) is 118 Å². The molecule has 0 aromatic carbocycles. The number of carbonyl (C=O) groups excluding carboxylic acids is 6. The number of carboxylic acid groups (broad SMARTS) is 1. The van der Waals surface area contributed by atoms with Gasteiger partial charge in [0, 0.05) is 13.0 Å². The molecule has 1 saturated heterocycles. The molecule has 1 aliphatic rings. The van der Waals surface area contributed by atoms with Crippen molar-refractivity contribution in [3.05, 3.63) is 0 Å². The van der Waals surface area contributed by atoms with Crippen LogP contribution in [-0.2, 0) is 33.6 Å². The molecule has 0 bridgehead atoms. The Kier molecular flexibility index (Phi) is 16.6. The first-order chi connectivity index (χ1) is 20.2. The molecule has 1 fully saturated rings. The van der Waals surface area contributed by atoms with E-state index in [-0.39, 0.29) is 38.1 Å². The molecule has 0 unspecified atom stereocenters. The first kappa shape index (κ1) is 37.6. The summed E-state index contributed by atoms with van der Waals surface area (Å²) in [5.41, 5.74) is 11.0. The first-order valence-electron chi connectivity index (χ1n) is 14.1. The van der Waals surface area contributed by atoms with Gasteiger partial charge >= 0.3 is 5.97 Å². The zero-order valence-electron chi connectivity index (χ0n) is 24.8. The number of carboxylic acids is 1. The van der Waals surface area contributed by atoms with Crippen molar-refractivity contribution < 1.29 is 43.8 Å². The Morgan fingerprint density at radius 3 is 2.21 bits per heavy atom. The molecule has 1 rings (SSSR count). The van der Waals surface area contributed by atoms with E-state index in [9.17, 15) is 43.8 Å². The van der Waals surface area contributed by atoms with Gasteiger partial charge in [-0.1, -0.05) is 13.8 Å². The summed E-state index contributed by atoms with van der Waals surface area (Å²) in [7, 11) is 0. The maximum Gasteiger partial charge on any atom is 0.326 e. The third kappa shape index (κ3) is 13.2. The van der Waals surface area contributed by atoms with E-state index < -0.39 is 84.8 Å². The van der Waals surface area contributed by atoms with Gasteiger partial charge in [-0.05, 0) is 50.0 Å². The van der Waals surface area contributed by atoms with Crippen LogP contribution >= 0.6 is 11.8 Å². The highest BCUT2D eigenvalue weighted by Gasteiger charge is 2.38. The molecule has 1 aliphatic heterocycles. The van der Waals surface area contributed by atoms with Crippen LogP contribution in [0.1, 0.15) is 52.4 Å². The fourth-order valence-electron chi connectivity index (χ4n) is 4.40. The summed E-state index contributed by atoms with van der Waals surface area (Å²) in [5, 5.41) is 28.8. The van der Waals surface area contributed by atoms with E-state index in [2.05, 4.69) is 21.3 Å². The molecule has 5 atom stereocenters. The van der Waals surface area contributed by atoms with E-state index in [0.717, 1.165) is 0 Å². The van der Waals surface area contributed by atoms with Crippen LogP contribution in [0.3, 0.4) is 0 Å². The van der Waals surface area contributed by atoms with Crippen molar-refractivity contribution in [2.24, 2.45) is 17.4 Å². The van der Waals surface area contributed by atoms with Gasteiger partial charge in [-0.15, -0.1) is 0 Å². The number of nitrogens with one attached hydrogen (secondary N) is 4. The quantitative estimate of drug-likeness (QED) is 0.0713. The van der Waals surface area contributed by atoms with Crippen LogP contribution in [0.15, 0.2) is 0 Å². The smallest absolute Gasteiger partial charge is 0.326 e. The van der Waals surface area contributed by atoms with Gasteiger partial charge in [0.15, 0.2) is 0 Å². The van der Waals surface area contributed by atoms with Gasteiger partial charge in [0.25, 0.3) is 0 Å². The molecule has 244 valence electrons. The maximum atomic E-state index is 13.0. The van der Waals surface area contributed by atoms with Crippen molar-refractivity contribution in [3.63, 3.8) is 0 Å². The Morgan fingerprint density at radius 2 is 1.65 bits per heavy atom. The summed E-state index contributed by atoms with van der Waals surface area (Å²) in [4.78, 5) is 87.6. The van der Waals surface area contributed by atoms with Crippen molar-refractivity contribution in [2.75, 3.05) is 31.7 Å². The van der Waals surface area contributed by atoms with Gasteiger partial charge in [-0.3, -0.25) is 28.8 Å². The molecule has 10 N–H and O–H groups in total. The molecular weight excluding hydrogens is 586 g/mol. The largest absolute Gasteiger partial charge is 0.480 e. The van der Waals surface area contributed by atoms with Gasteiger partial charge < -0.3 is 47.8 Å². The molecule has 0 aliphatic carbocycles. The number of amides is 6. The van der Waals surface area contributed by atoms with E-state index >= 15 is 0 Å². The molecule has 0 aromatic rings. The normalized spacial score (nSPS) is 17.3. The molecular formula is C26H45N7O9S. The Labute approximate surface area is 254 Å². The number of hydrogen-bond acceptors (Lipinski definition) is 10. The second-order valence-electron chi connectivity index (χ2n) is 10.7. The van der Waals surface area contributed by atoms with Crippen molar-refractivity contribution >= 4 is 53.2 Å². The van der Waals surface area contributed by atoms with Crippen molar-refractivity contribution in [3.8, 4) is 0 Å². The Balaban J connectivity index is 2.82. The minimum absolute atomic E-state index is 0.0137. The Morgan fingerprint density at radius 1 is 0.977 bits per heavy atom. The highest BCUT2D eigenvalue weighted by atomic mass is 32.2. The number of nitrogens with two attached hydrogens (primary N) is 2. The molecule has 0 aromatic heterocycles. The van der Waals surface area contributed by atoms with Gasteiger partial charge in [-0.25, -0.2) is 4.79 Å². The minimum atomic E-state index is -1.45. The maximum absolute atomic E-state index is 13.0. The van der Waals surface area contributed by atoms with Crippen LogP contribution in [0.2, 0.25) is 0 Å². The van der Waals surface area contributed by atoms with E-state index in [1.165, 1.54) is 16.7 Å². The van der Waals surface area contributed by atoms with E-state index in [1.807, 2.05) is 0 Å². The number of nitrogens with zero attached hydrogens (tertiary/aromatic N) is 1. The summed E-state index contributed by atoms with van der Waals surface area (Å²) in [6.45, 7) is 2.51. The Bertz CT molecular complexity index is 1010. The number of carbonyl (C=O) groups is 7. The van der Waals surface area contributed by atoms with Gasteiger partial charge in [-0.2, -0.15) is 11.8 Å². The minimum Gasteiger partial charge on any atom is -0.480 e. The second-order valence-corrected chi connectivity index (χ2v) is 11.7. The zero-order valence-corrected chi connectivity index (χ0v) is 25.6. The highest BCUT2D eigenvalue weighted by molar-refractivity contribution is 7.98. The number of thioether (sulfide) groups is 1. The van der Waals surface area contributed by atoms with Gasteiger partial charge in [0.2, 0.25) is 35.4 Å². The first-order valence-corrected chi connectivity index (χ1v) is 15.5. The summed E-state index contributed by atoms with van der Waals surface area (Å²) >= 11 is 1.42. The van der Waals surface area contributed by atoms with E-state index in [1.54, 1.807) is 20.1 Å². The lowest BCUT2D eigenvalue weighted by molar-refractivity contribution is -0.142. The number of primary amides is 1. The molecule has 0 saturated carbocycles. The summed E-state index contributed by atoms with van der Waals surface area (Å²) in [6, 6.07) is -5.69. The number of hydrogen-bond donors (Lipinski definition) is 8. The third-order valence-corrected chi connectivity index (χ3v) is 7.32. The number of aliphatic hydroxyl groups is 1. The lowest BCUT2D eigenvalue weighted by Gasteiger charge is -2.28. The summed E-state index contributed by atoms with van der Waals surface area (Å²) < 4.78 is 0. The third-order valence-electron chi connectivity index (χ3n) is 6.68. The lowest BCUT2D eigenvalue weighted by Crippen LogP contribution is -2.58.